The summed E-state index contributed by atoms with van der Waals surface area (Å²) in [5.74, 6) is -1.59. The number of esters is 1. The highest BCUT2D eigenvalue weighted by atomic mass is 16.7. The molecule has 5 nitrogen and oxygen atoms in total. The lowest BCUT2D eigenvalue weighted by atomic mass is 9.96. The van der Waals surface area contributed by atoms with Gasteiger partial charge in [0.25, 0.3) is 5.91 Å². The van der Waals surface area contributed by atoms with Gasteiger partial charge in [-0.25, -0.2) is 5.48 Å². The number of rotatable bonds is 8. The predicted molar refractivity (Wildman–Crippen MR) is 79.0 cm³/mol. The number of hydrogen-bond acceptors (Lipinski definition) is 4. The van der Waals surface area contributed by atoms with Gasteiger partial charge in [-0.1, -0.05) is 44.2 Å². The number of nitrogens with one attached hydrogen (secondary N) is 1. The summed E-state index contributed by atoms with van der Waals surface area (Å²) in [5, 5.41) is 0. The van der Waals surface area contributed by atoms with Crippen molar-refractivity contribution in [2.75, 3.05) is 6.61 Å². The van der Waals surface area contributed by atoms with Gasteiger partial charge in [0.05, 0.1) is 13.2 Å². The normalized spacial score (nSPS) is 12.0. The molecule has 116 valence electrons. The average molecular weight is 293 g/mol. The fourth-order valence-corrected chi connectivity index (χ4v) is 1.86. The second-order valence-electron chi connectivity index (χ2n) is 5.17. The minimum atomic E-state index is -0.833. The highest BCUT2D eigenvalue weighted by molar-refractivity contribution is 5.97. The van der Waals surface area contributed by atoms with E-state index in [1.54, 1.807) is 6.92 Å². The van der Waals surface area contributed by atoms with E-state index in [0.29, 0.717) is 6.42 Å². The Morgan fingerprint density at radius 2 is 1.86 bits per heavy atom. The average Bonchev–Trinajstić information content (AvgIpc) is 2.45. The summed E-state index contributed by atoms with van der Waals surface area (Å²) in [6.45, 7) is 6.12. The van der Waals surface area contributed by atoms with Crippen LogP contribution in [0.25, 0.3) is 0 Å². The van der Waals surface area contributed by atoms with Gasteiger partial charge in [-0.15, -0.1) is 0 Å². The monoisotopic (exact) mass is 293 g/mol. The summed E-state index contributed by atoms with van der Waals surface area (Å²) in [6.07, 6.45) is 0.430. The van der Waals surface area contributed by atoms with Gasteiger partial charge in [-0.3, -0.25) is 14.4 Å². The fraction of sp³-hybridized carbons (Fsp3) is 0.500. The van der Waals surface area contributed by atoms with Crippen LogP contribution in [0, 0.1) is 11.8 Å². The van der Waals surface area contributed by atoms with Gasteiger partial charge in [-0.2, -0.15) is 0 Å². The second-order valence-corrected chi connectivity index (χ2v) is 5.17. The topological polar surface area (TPSA) is 64.6 Å². The molecule has 0 radical (unpaired) electrons. The summed E-state index contributed by atoms with van der Waals surface area (Å²) >= 11 is 0. The Kier molecular flexibility index (Phi) is 7.46. The zero-order valence-electron chi connectivity index (χ0n) is 12.8. The third-order valence-corrected chi connectivity index (χ3v) is 2.85. The number of hydrogen-bond donors (Lipinski definition) is 1. The van der Waals surface area contributed by atoms with Crippen molar-refractivity contribution in [1.82, 2.24) is 5.48 Å². The van der Waals surface area contributed by atoms with Crippen molar-refractivity contribution < 1.29 is 19.2 Å². The number of benzene rings is 1. The molecule has 1 atom stereocenters. The van der Waals surface area contributed by atoms with Crippen LogP contribution >= 0.6 is 0 Å². The van der Waals surface area contributed by atoms with E-state index < -0.39 is 17.8 Å². The highest BCUT2D eigenvalue weighted by Gasteiger charge is 2.29. The maximum Gasteiger partial charge on any atom is 0.318 e. The van der Waals surface area contributed by atoms with E-state index in [2.05, 4.69) is 5.48 Å². The standard InChI is InChI=1S/C16H23NO4/c1-4-20-16(19)14(10-12(2)3)15(18)17-21-11-13-8-6-5-7-9-13/h5-9,12,14H,4,10-11H2,1-3H3,(H,17,18)/t14-/m0/s1. The van der Waals surface area contributed by atoms with E-state index in [1.165, 1.54) is 0 Å². The van der Waals surface area contributed by atoms with Crippen LogP contribution in [0.4, 0.5) is 0 Å². The number of carbonyl (C=O) groups excluding carboxylic acids is 2. The molecule has 0 unspecified atom stereocenters. The molecule has 0 aromatic heterocycles. The molecular formula is C16H23NO4. The fourth-order valence-electron chi connectivity index (χ4n) is 1.86. The first-order valence-electron chi connectivity index (χ1n) is 7.16. The van der Waals surface area contributed by atoms with Gasteiger partial charge < -0.3 is 4.74 Å². The minimum Gasteiger partial charge on any atom is -0.465 e. The third kappa shape index (κ3) is 6.40. The molecule has 1 aromatic carbocycles. The SMILES string of the molecule is CCOC(=O)[C@@H](CC(C)C)C(=O)NOCc1ccccc1. The van der Waals surface area contributed by atoms with Crippen molar-refractivity contribution in [3.8, 4) is 0 Å². The molecule has 0 aliphatic rings. The van der Waals surface area contributed by atoms with Crippen molar-refractivity contribution in [1.29, 1.82) is 0 Å². The predicted octanol–water partition coefficient (Wildman–Crippen LogP) is 2.46. The molecule has 0 saturated heterocycles. The number of carbonyl (C=O) groups is 2. The molecule has 0 bridgehead atoms. The first-order valence-corrected chi connectivity index (χ1v) is 7.16. The Morgan fingerprint density at radius 1 is 1.19 bits per heavy atom. The molecule has 1 amide bonds. The second kappa shape index (κ2) is 9.13. The van der Waals surface area contributed by atoms with Crippen molar-refractivity contribution in [3.63, 3.8) is 0 Å². The molecule has 1 rings (SSSR count). The van der Waals surface area contributed by atoms with Crippen molar-refractivity contribution in [3.05, 3.63) is 35.9 Å². The Morgan fingerprint density at radius 3 is 2.43 bits per heavy atom. The molecule has 0 spiro atoms. The number of amides is 1. The van der Waals surface area contributed by atoms with Crippen LogP contribution < -0.4 is 5.48 Å². The molecular weight excluding hydrogens is 270 g/mol. The minimum absolute atomic E-state index is 0.208. The first-order chi connectivity index (χ1) is 10.0. The summed E-state index contributed by atoms with van der Waals surface area (Å²) < 4.78 is 4.94. The van der Waals surface area contributed by atoms with Crippen LogP contribution in [0.15, 0.2) is 30.3 Å². The molecule has 0 fully saturated rings. The van der Waals surface area contributed by atoms with Crippen molar-refractivity contribution in [2.24, 2.45) is 11.8 Å². The third-order valence-electron chi connectivity index (χ3n) is 2.85. The molecule has 0 aliphatic carbocycles. The smallest absolute Gasteiger partial charge is 0.318 e. The summed E-state index contributed by atoms with van der Waals surface area (Å²) in [6, 6.07) is 9.47. The highest BCUT2D eigenvalue weighted by Crippen LogP contribution is 2.14. The Bertz CT molecular complexity index is 445. The molecule has 1 N–H and O–H groups in total. The Labute approximate surface area is 125 Å². The quantitative estimate of drug-likeness (QED) is 0.454. The van der Waals surface area contributed by atoms with Crippen LogP contribution in [0.2, 0.25) is 0 Å². The van der Waals surface area contributed by atoms with Crippen LogP contribution in [0.5, 0.6) is 0 Å². The maximum atomic E-state index is 12.0. The lowest BCUT2D eigenvalue weighted by Gasteiger charge is -2.17. The molecule has 0 heterocycles. The zero-order valence-corrected chi connectivity index (χ0v) is 12.8. The lowest BCUT2D eigenvalue weighted by molar-refractivity contribution is -0.157. The van der Waals surface area contributed by atoms with Gasteiger partial charge in [-0.05, 0) is 24.8 Å². The van der Waals surface area contributed by atoms with Gasteiger partial charge in [0.1, 0.15) is 5.92 Å². The summed E-state index contributed by atoms with van der Waals surface area (Å²) in [7, 11) is 0. The van der Waals surface area contributed by atoms with Gasteiger partial charge in [0.2, 0.25) is 0 Å². The summed E-state index contributed by atoms with van der Waals surface area (Å²) in [5.41, 5.74) is 3.28. The summed E-state index contributed by atoms with van der Waals surface area (Å²) in [4.78, 5) is 29.0. The molecule has 5 heteroatoms. The first kappa shape index (κ1) is 17.2. The van der Waals surface area contributed by atoms with Crippen LogP contribution in [0.3, 0.4) is 0 Å². The van der Waals surface area contributed by atoms with Crippen molar-refractivity contribution in [2.45, 2.75) is 33.8 Å². The van der Waals surface area contributed by atoms with E-state index in [1.807, 2.05) is 44.2 Å². The van der Waals surface area contributed by atoms with Crippen LogP contribution in [-0.4, -0.2) is 18.5 Å². The largest absolute Gasteiger partial charge is 0.465 e. The van der Waals surface area contributed by atoms with E-state index in [4.69, 9.17) is 9.57 Å². The number of ether oxygens (including phenoxy) is 1. The molecule has 0 aliphatic heterocycles. The van der Waals surface area contributed by atoms with Crippen LogP contribution in [0.1, 0.15) is 32.8 Å². The molecule has 1 aromatic rings. The van der Waals surface area contributed by atoms with E-state index >= 15 is 0 Å². The lowest BCUT2D eigenvalue weighted by Crippen LogP contribution is -2.37. The van der Waals surface area contributed by atoms with E-state index in [-0.39, 0.29) is 19.1 Å². The van der Waals surface area contributed by atoms with Crippen LogP contribution in [-0.2, 0) is 25.8 Å². The van der Waals surface area contributed by atoms with Gasteiger partial charge in [0.15, 0.2) is 0 Å². The number of hydroxylamine groups is 1. The van der Waals surface area contributed by atoms with E-state index in [0.717, 1.165) is 5.56 Å². The molecule has 0 saturated carbocycles. The van der Waals surface area contributed by atoms with Gasteiger partial charge in [0, 0.05) is 0 Å². The zero-order chi connectivity index (χ0) is 15.7. The Balaban J connectivity index is 2.50. The van der Waals surface area contributed by atoms with Crippen molar-refractivity contribution >= 4 is 11.9 Å². The Hall–Kier alpha value is -1.88. The van der Waals surface area contributed by atoms with Gasteiger partial charge >= 0.3 is 5.97 Å². The van der Waals surface area contributed by atoms with E-state index in [9.17, 15) is 9.59 Å². The maximum absolute atomic E-state index is 12.0. The molecule has 21 heavy (non-hydrogen) atoms.